The van der Waals surface area contributed by atoms with Gasteiger partial charge in [0.25, 0.3) is 0 Å². The molecule has 2 heterocycles. The number of rotatable bonds is 10. The minimum Gasteiger partial charge on any atom is -0.377 e. The maximum absolute atomic E-state index is 13.8. The SMILES string of the molecule is N#CCCC(Nc1c(C#N)cnc2c(Cl)cc(NC(c3ccc(F)cc3)c3cn(C4CC4)nn3)cc12)c1ccccc1. The fourth-order valence-corrected chi connectivity index (χ4v) is 5.33. The van der Waals surface area contributed by atoms with E-state index in [9.17, 15) is 14.9 Å². The highest BCUT2D eigenvalue weighted by Gasteiger charge is 2.27. The zero-order chi connectivity index (χ0) is 29.1. The van der Waals surface area contributed by atoms with Crippen molar-refractivity contribution in [2.45, 2.75) is 43.8 Å². The van der Waals surface area contributed by atoms with Crippen LogP contribution in [-0.2, 0) is 0 Å². The van der Waals surface area contributed by atoms with E-state index in [1.807, 2.05) is 47.3 Å². The average molecular weight is 577 g/mol. The quantitative estimate of drug-likeness (QED) is 0.177. The van der Waals surface area contributed by atoms with Crippen molar-refractivity contribution in [1.29, 1.82) is 10.5 Å². The highest BCUT2D eigenvalue weighted by atomic mass is 35.5. The summed E-state index contributed by atoms with van der Waals surface area (Å²) in [6.07, 6.45) is 6.45. The fourth-order valence-electron chi connectivity index (χ4n) is 5.06. The van der Waals surface area contributed by atoms with E-state index >= 15 is 0 Å². The molecule has 2 atom stereocenters. The first kappa shape index (κ1) is 27.2. The van der Waals surface area contributed by atoms with Crippen molar-refractivity contribution in [3.8, 4) is 12.1 Å². The summed E-state index contributed by atoms with van der Waals surface area (Å²) < 4.78 is 15.7. The van der Waals surface area contributed by atoms with Gasteiger partial charge in [0, 0.05) is 23.7 Å². The Bertz CT molecular complexity index is 1800. The number of aromatic nitrogens is 4. The molecular weight excluding hydrogens is 551 g/mol. The Balaban J connectivity index is 1.42. The maximum atomic E-state index is 13.8. The van der Waals surface area contributed by atoms with Crippen LogP contribution in [0.5, 0.6) is 0 Å². The Kier molecular flexibility index (Phi) is 7.68. The lowest BCUT2D eigenvalue weighted by Crippen LogP contribution is -2.14. The number of fused-ring (bicyclic) bond motifs is 1. The van der Waals surface area contributed by atoms with E-state index in [-0.39, 0.29) is 11.9 Å². The van der Waals surface area contributed by atoms with Gasteiger partial charge in [-0.3, -0.25) is 4.98 Å². The third-order valence-electron chi connectivity index (χ3n) is 7.37. The van der Waals surface area contributed by atoms with Crippen molar-refractivity contribution >= 4 is 33.9 Å². The first-order chi connectivity index (χ1) is 20.5. The normalized spacial score (nSPS) is 14.1. The number of nitriles is 2. The van der Waals surface area contributed by atoms with Gasteiger partial charge >= 0.3 is 0 Å². The van der Waals surface area contributed by atoms with E-state index < -0.39 is 6.04 Å². The molecule has 2 N–H and O–H groups in total. The van der Waals surface area contributed by atoms with Crippen LogP contribution in [0.15, 0.2) is 79.1 Å². The second-order valence-electron chi connectivity index (χ2n) is 10.3. The van der Waals surface area contributed by atoms with Crippen molar-refractivity contribution in [3.63, 3.8) is 0 Å². The molecule has 1 aliphatic rings. The zero-order valence-corrected chi connectivity index (χ0v) is 23.3. The Hall–Kier alpha value is -4.99. The van der Waals surface area contributed by atoms with E-state index in [4.69, 9.17) is 11.6 Å². The second-order valence-corrected chi connectivity index (χ2v) is 10.7. The van der Waals surface area contributed by atoms with Gasteiger partial charge in [-0.25, -0.2) is 9.07 Å². The van der Waals surface area contributed by atoms with Crippen molar-refractivity contribution in [1.82, 2.24) is 20.0 Å². The minimum atomic E-state index is -0.442. The number of hydrogen-bond acceptors (Lipinski definition) is 7. The minimum absolute atomic E-state index is 0.219. The molecule has 10 heteroatoms. The van der Waals surface area contributed by atoms with E-state index in [0.717, 1.165) is 24.0 Å². The van der Waals surface area contributed by atoms with Crippen molar-refractivity contribution in [2.24, 2.45) is 0 Å². The molecule has 2 aromatic heterocycles. The molecule has 1 fully saturated rings. The Morgan fingerprint density at radius 2 is 1.81 bits per heavy atom. The Morgan fingerprint density at radius 1 is 1.02 bits per heavy atom. The molecule has 3 aromatic carbocycles. The van der Waals surface area contributed by atoms with Gasteiger partial charge < -0.3 is 10.6 Å². The van der Waals surface area contributed by atoms with Crippen molar-refractivity contribution in [3.05, 3.63) is 112 Å². The first-order valence-corrected chi connectivity index (χ1v) is 14.1. The van der Waals surface area contributed by atoms with Crippen LogP contribution in [0.4, 0.5) is 15.8 Å². The molecule has 0 saturated heterocycles. The number of hydrogen-bond donors (Lipinski definition) is 2. The predicted octanol–water partition coefficient (Wildman–Crippen LogP) is 7.48. The molecule has 0 spiro atoms. The topological polar surface area (TPSA) is 115 Å². The van der Waals surface area contributed by atoms with Gasteiger partial charge in [0.05, 0.1) is 52.2 Å². The molecule has 42 heavy (non-hydrogen) atoms. The molecule has 0 aliphatic heterocycles. The molecule has 0 amide bonds. The summed E-state index contributed by atoms with van der Waals surface area (Å²) in [5.41, 5.74) is 4.63. The predicted molar refractivity (Wildman–Crippen MR) is 159 cm³/mol. The number of halogens is 2. The average Bonchev–Trinajstić information content (AvgIpc) is 3.75. The third-order valence-corrected chi connectivity index (χ3v) is 7.66. The van der Waals surface area contributed by atoms with E-state index in [1.165, 1.54) is 18.3 Å². The van der Waals surface area contributed by atoms with E-state index in [1.54, 1.807) is 18.2 Å². The van der Waals surface area contributed by atoms with Gasteiger partial charge in [-0.2, -0.15) is 10.5 Å². The lowest BCUT2D eigenvalue weighted by molar-refractivity contribution is 0.610. The molecule has 0 radical (unpaired) electrons. The van der Waals surface area contributed by atoms with Crippen LogP contribution < -0.4 is 10.6 Å². The summed E-state index contributed by atoms with van der Waals surface area (Å²) >= 11 is 6.78. The molecule has 1 saturated carbocycles. The summed E-state index contributed by atoms with van der Waals surface area (Å²) in [6, 6.07) is 23.9. The van der Waals surface area contributed by atoms with Crippen LogP contribution in [0.1, 0.15) is 66.2 Å². The van der Waals surface area contributed by atoms with Crippen LogP contribution in [0.2, 0.25) is 5.02 Å². The smallest absolute Gasteiger partial charge is 0.123 e. The van der Waals surface area contributed by atoms with Crippen LogP contribution in [0, 0.1) is 28.5 Å². The standard InChI is InChI=1S/C32H26ClFN8/c33-27-16-24(38-31(21-8-10-23(34)11-9-21)29-19-42(41-40-29)25-12-13-25)15-26-30(22(17-36)18-37-32(26)27)39-28(7-4-14-35)20-5-2-1-3-6-20/h1-3,5-6,8-11,15-16,18-19,25,28,31,38H,4,7,12-13H2,(H,37,39). The van der Waals surface area contributed by atoms with Gasteiger partial charge in [-0.1, -0.05) is 59.3 Å². The Labute approximate surface area is 247 Å². The monoisotopic (exact) mass is 576 g/mol. The number of nitrogens with zero attached hydrogens (tertiary/aromatic N) is 6. The van der Waals surface area contributed by atoms with E-state index in [2.05, 4.69) is 38.1 Å². The van der Waals surface area contributed by atoms with Gasteiger partial charge in [0.15, 0.2) is 0 Å². The van der Waals surface area contributed by atoms with Crippen LogP contribution in [-0.4, -0.2) is 20.0 Å². The first-order valence-electron chi connectivity index (χ1n) is 13.7. The van der Waals surface area contributed by atoms with Crippen molar-refractivity contribution < 1.29 is 4.39 Å². The van der Waals surface area contributed by atoms with Gasteiger partial charge in [-0.05, 0) is 54.7 Å². The van der Waals surface area contributed by atoms with Crippen molar-refractivity contribution in [2.75, 3.05) is 10.6 Å². The number of anilines is 2. The summed E-state index contributed by atoms with van der Waals surface area (Å²) in [7, 11) is 0. The zero-order valence-electron chi connectivity index (χ0n) is 22.5. The lowest BCUT2D eigenvalue weighted by atomic mass is 10.00. The molecule has 8 nitrogen and oxygen atoms in total. The van der Waals surface area contributed by atoms with Gasteiger partial charge in [-0.15, -0.1) is 5.10 Å². The molecule has 2 unspecified atom stereocenters. The maximum Gasteiger partial charge on any atom is 0.123 e. The highest BCUT2D eigenvalue weighted by Crippen LogP contribution is 2.38. The molecule has 6 rings (SSSR count). The molecular formula is C32H26ClFN8. The summed E-state index contributed by atoms with van der Waals surface area (Å²) in [5.74, 6) is -0.330. The van der Waals surface area contributed by atoms with E-state index in [0.29, 0.717) is 57.4 Å². The number of pyridine rings is 1. The van der Waals surface area contributed by atoms with Gasteiger partial charge in [0.2, 0.25) is 0 Å². The van der Waals surface area contributed by atoms with Crippen LogP contribution >= 0.6 is 11.6 Å². The van der Waals surface area contributed by atoms with Crippen LogP contribution in [0.3, 0.4) is 0 Å². The summed E-state index contributed by atoms with van der Waals surface area (Å²) in [4.78, 5) is 4.49. The number of benzene rings is 3. The third kappa shape index (κ3) is 5.74. The molecule has 208 valence electrons. The van der Waals surface area contributed by atoms with Crippen LogP contribution in [0.25, 0.3) is 10.9 Å². The number of nitrogens with one attached hydrogen (secondary N) is 2. The van der Waals surface area contributed by atoms with Gasteiger partial charge in [0.1, 0.15) is 17.6 Å². The largest absolute Gasteiger partial charge is 0.377 e. The molecule has 0 bridgehead atoms. The Morgan fingerprint density at radius 3 is 2.52 bits per heavy atom. The highest BCUT2D eigenvalue weighted by molar-refractivity contribution is 6.35. The summed E-state index contributed by atoms with van der Waals surface area (Å²) in [6.45, 7) is 0. The lowest BCUT2D eigenvalue weighted by Gasteiger charge is -2.23. The molecule has 5 aromatic rings. The molecule has 1 aliphatic carbocycles. The second kappa shape index (κ2) is 11.9. The fraction of sp³-hybridized carbons (Fsp3) is 0.219. The summed E-state index contributed by atoms with van der Waals surface area (Å²) in [5, 5.41) is 36.2.